The van der Waals surface area contributed by atoms with E-state index in [4.69, 9.17) is 5.11 Å². The minimum absolute atomic E-state index is 0.105. The van der Waals surface area contributed by atoms with Crippen LogP contribution in [0.25, 0.3) is 0 Å². The Kier molecular flexibility index (Phi) is 4.57. The summed E-state index contributed by atoms with van der Waals surface area (Å²) in [7, 11) is 0. The lowest BCUT2D eigenvalue weighted by Gasteiger charge is -2.17. The molecule has 1 unspecified atom stereocenters. The third kappa shape index (κ3) is 3.39. The number of rotatable bonds is 4. The maximum atomic E-state index is 14.1. The molecule has 0 saturated carbocycles. The second-order valence-electron chi connectivity index (χ2n) is 4.51. The molecule has 0 fully saturated rings. The van der Waals surface area contributed by atoms with E-state index in [0.29, 0.717) is 0 Å². The molecule has 110 valence electrons. The van der Waals surface area contributed by atoms with Crippen molar-refractivity contribution < 1.29 is 18.7 Å². The number of halogens is 3. The topological polar surface area (TPSA) is 49.3 Å². The number of hydrogen-bond donors (Lipinski definition) is 2. The monoisotopic (exact) mass is 355 g/mol. The first-order chi connectivity index (χ1) is 9.90. The van der Waals surface area contributed by atoms with Gasteiger partial charge in [0, 0.05) is 6.04 Å². The first-order valence-corrected chi connectivity index (χ1v) is 6.92. The quantitative estimate of drug-likeness (QED) is 0.842. The van der Waals surface area contributed by atoms with Gasteiger partial charge in [-0.05, 0) is 52.7 Å². The summed E-state index contributed by atoms with van der Waals surface area (Å²) in [5, 5.41) is 11.8. The lowest BCUT2D eigenvalue weighted by atomic mass is 10.1. The Balaban J connectivity index is 2.25. The smallest absolute Gasteiger partial charge is 0.336 e. The van der Waals surface area contributed by atoms with Gasteiger partial charge in [0.15, 0.2) is 5.82 Å². The van der Waals surface area contributed by atoms with Crippen LogP contribution in [0.15, 0.2) is 40.9 Å². The average Bonchev–Trinajstić information content (AvgIpc) is 2.44. The van der Waals surface area contributed by atoms with Crippen LogP contribution < -0.4 is 5.32 Å². The zero-order valence-corrected chi connectivity index (χ0v) is 12.6. The van der Waals surface area contributed by atoms with Crippen LogP contribution in [0, 0.1) is 11.6 Å². The van der Waals surface area contributed by atoms with Crippen LogP contribution in [-0.2, 0) is 0 Å². The zero-order valence-electron chi connectivity index (χ0n) is 11.0. The fourth-order valence-electron chi connectivity index (χ4n) is 1.89. The summed E-state index contributed by atoms with van der Waals surface area (Å²) in [5.41, 5.74) is 0.811. The molecule has 0 aromatic heterocycles. The average molecular weight is 356 g/mol. The predicted molar refractivity (Wildman–Crippen MR) is 79.5 cm³/mol. The summed E-state index contributed by atoms with van der Waals surface area (Å²) in [4.78, 5) is 10.9. The van der Waals surface area contributed by atoms with Crippen molar-refractivity contribution in [2.45, 2.75) is 13.0 Å². The van der Waals surface area contributed by atoms with E-state index in [0.717, 1.165) is 5.56 Å². The Labute approximate surface area is 128 Å². The molecule has 2 aromatic carbocycles. The minimum Gasteiger partial charge on any atom is -0.478 e. The molecule has 1 atom stereocenters. The van der Waals surface area contributed by atoms with E-state index >= 15 is 0 Å². The first kappa shape index (κ1) is 15.4. The van der Waals surface area contributed by atoms with Gasteiger partial charge in [0.2, 0.25) is 0 Å². The van der Waals surface area contributed by atoms with Gasteiger partial charge in [-0.1, -0.05) is 12.1 Å². The second-order valence-corrected chi connectivity index (χ2v) is 5.30. The molecule has 21 heavy (non-hydrogen) atoms. The minimum atomic E-state index is -1.21. The highest BCUT2D eigenvalue weighted by Crippen LogP contribution is 2.29. The molecular formula is C15H12BrF2NO2. The summed E-state index contributed by atoms with van der Waals surface area (Å²) < 4.78 is 26.9. The number of carboxylic acids is 1. The van der Waals surface area contributed by atoms with Crippen LogP contribution in [-0.4, -0.2) is 11.1 Å². The molecule has 2 aromatic rings. The number of benzene rings is 2. The third-order valence-corrected chi connectivity index (χ3v) is 3.83. The van der Waals surface area contributed by atoms with Gasteiger partial charge in [0.25, 0.3) is 0 Å². The van der Waals surface area contributed by atoms with Gasteiger partial charge >= 0.3 is 5.97 Å². The van der Waals surface area contributed by atoms with Gasteiger partial charge in [-0.15, -0.1) is 0 Å². The van der Waals surface area contributed by atoms with Crippen LogP contribution in [0.4, 0.5) is 14.5 Å². The van der Waals surface area contributed by atoms with Gasteiger partial charge in [-0.3, -0.25) is 0 Å². The van der Waals surface area contributed by atoms with E-state index in [2.05, 4.69) is 21.2 Å². The van der Waals surface area contributed by atoms with E-state index in [1.54, 1.807) is 19.1 Å². The molecule has 0 heterocycles. The van der Waals surface area contributed by atoms with E-state index in [9.17, 15) is 13.6 Å². The molecule has 0 aliphatic carbocycles. The molecule has 0 radical (unpaired) electrons. The number of aromatic carboxylic acids is 1. The van der Waals surface area contributed by atoms with E-state index < -0.39 is 11.8 Å². The van der Waals surface area contributed by atoms with Crippen LogP contribution in [0.3, 0.4) is 0 Å². The van der Waals surface area contributed by atoms with Crippen LogP contribution >= 0.6 is 15.9 Å². The SMILES string of the molecule is CC(Nc1ccc(C(=O)O)c(Br)c1F)c1ccc(F)cc1. The molecule has 0 aliphatic rings. The fraction of sp³-hybridized carbons (Fsp3) is 0.133. The Hall–Kier alpha value is -1.95. The molecule has 2 N–H and O–H groups in total. The lowest BCUT2D eigenvalue weighted by molar-refractivity contribution is 0.0695. The summed E-state index contributed by atoms with van der Waals surface area (Å²) in [6.07, 6.45) is 0. The lowest BCUT2D eigenvalue weighted by Crippen LogP contribution is -2.09. The van der Waals surface area contributed by atoms with Crippen molar-refractivity contribution in [1.82, 2.24) is 0 Å². The van der Waals surface area contributed by atoms with Gasteiger partial charge in [-0.2, -0.15) is 0 Å². The Bertz CT molecular complexity index is 674. The summed E-state index contributed by atoms with van der Waals surface area (Å²) in [6, 6.07) is 8.28. The molecular weight excluding hydrogens is 344 g/mol. The number of carboxylic acid groups (broad SMARTS) is 1. The fourth-order valence-corrected chi connectivity index (χ4v) is 2.41. The van der Waals surface area contributed by atoms with Crippen LogP contribution in [0.2, 0.25) is 0 Å². The molecule has 3 nitrogen and oxygen atoms in total. The summed E-state index contributed by atoms with van der Waals surface area (Å²) in [5.74, 6) is -2.23. The van der Waals surface area contributed by atoms with Crippen molar-refractivity contribution in [1.29, 1.82) is 0 Å². The van der Waals surface area contributed by atoms with Gasteiger partial charge in [0.05, 0.1) is 15.7 Å². The van der Waals surface area contributed by atoms with Crippen molar-refractivity contribution >= 4 is 27.6 Å². The Morgan fingerprint density at radius 3 is 2.38 bits per heavy atom. The zero-order chi connectivity index (χ0) is 15.6. The van der Waals surface area contributed by atoms with Crippen LogP contribution in [0.1, 0.15) is 28.9 Å². The van der Waals surface area contributed by atoms with E-state index in [1.807, 2.05) is 0 Å². The summed E-state index contributed by atoms with van der Waals surface area (Å²) in [6.45, 7) is 1.80. The van der Waals surface area contributed by atoms with Gasteiger partial charge in [-0.25, -0.2) is 13.6 Å². The molecule has 6 heteroatoms. The predicted octanol–water partition coefficient (Wildman–Crippen LogP) is 4.60. The molecule has 0 amide bonds. The number of anilines is 1. The first-order valence-electron chi connectivity index (χ1n) is 6.13. The van der Waals surface area contributed by atoms with Crippen molar-refractivity contribution in [2.24, 2.45) is 0 Å². The van der Waals surface area contributed by atoms with E-state index in [1.165, 1.54) is 24.3 Å². The maximum absolute atomic E-state index is 14.1. The molecule has 0 bridgehead atoms. The van der Waals surface area contributed by atoms with Crippen LogP contribution in [0.5, 0.6) is 0 Å². The van der Waals surface area contributed by atoms with Crippen molar-refractivity contribution in [3.63, 3.8) is 0 Å². The normalized spacial score (nSPS) is 12.0. The Morgan fingerprint density at radius 2 is 1.81 bits per heavy atom. The molecule has 0 spiro atoms. The largest absolute Gasteiger partial charge is 0.478 e. The highest BCUT2D eigenvalue weighted by atomic mass is 79.9. The number of carbonyl (C=O) groups is 1. The van der Waals surface area contributed by atoms with Gasteiger partial charge < -0.3 is 10.4 Å². The molecule has 0 saturated heterocycles. The van der Waals surface area contributed by atoms with Gasteiger partial charge in [0.1, 0.15) is 5.82 Å². The summed E-state index contributed by atoms with van der Waals surface area (Å²) >= 11 is 2.94. The Morgan fingerprint density at radius 1 is 1.19 bits per heavy atom. The van der Waals surface area contributed by atoms with Crippen molar-refractivity contribution in [3.8, 4) is 0 Å². The maximum Gasteiger partial charge on any atom is 0.336 e. The van der Waals surface area contributed by atoms with Crippen molar-refractivity contribution in [3.05, 3.63) is 63.6 Å². The number of nitrogens with one attached hydrogen (secondary N) is 1. The van der Waals surface area contributed by atoms with E-state index in [-0.39, 0.29) is 27.6 Å². The highest BCUT2D eigenvalue weighted by molar-refractivity contribution is 9.10. The molecule has 0 aliphatic heterocycles. The number of hydrogen-bond acceptors (Lipinski definition) is 2. The standard InChI is InChI=1S/C15H12BrF2NO2/c1-8(9-2-4-10(17)5-3-9)19-12-7-6-11(15(20)21)13(16)14(12)18/h2-8,19H,1H3,(H,20,21). The third-order valence-electron chi connectivity index (χ3n) is 3.05. The highest BCUT2D eigenvalue weighted by Gasteiger charge is 2.17. The molecule has 2 rings (SSSR count). The second kappa shape index (κ2) is 6.22. The van der Waals surface area contributed by atoms with Crippen molar-refractivity contribution in [2.75, 3.05) is 5.32 Å².